The molecule has 0 amide bonds. The number of aliphatic hydroxyl groups excluding tert-OH is 1. The molecule has 18 heavy (non-hydrogen) atoms. The molecule has 2 rings (SSSR count). The summed E-state index contributed by atoms with van der Waals surface area (Å²) < 4.78 is 0. The fourth-order valence-electron chi connectivity index (χ4n) is 1.98. The van der Waals surface area contributed by atoms with E-state index >= 15 is 0 Å². The minimum Gasteiger partial charge on any atom is -0.396 e. The predicted molar refractivity (Wildman–Crippen MR) is 76.3 cm³/mol. The van der Waals surface area contributed by atoms with Crippen LogP contribution in [0.3, 0.4) is 0 Å². The first-order chi connectivity index (χ1) is 8.92. The van der Waals surface area contributed by atoms with Crippen molar-refractivity contribution in [2.45, 2.75) is 12.8 Å². The summed E-state index contributed by atoms with van der Waals surface area (Å²) >= 11 is 0. The van der Waals surface area contributed by atoms with E-state index in [2.05, 4.69) is 54.6 Å². The second-order valence-electron chi connectivity index (χ2n) is 4.22. The van der Waals surface area contributed by atoms with Crippen molar-refractivity contribution in [3.8, 4) is 0 Å². The van der Waals surface area contributed by atoms with E-state index in [9.17, 15) is 0 Å². The molecule has 2 aromatic carbocycles. The molecule has 92 valence electrons. The van der Waals surface area contributed by atoms with Gasteiger partial charge >= 0.3 is 0 Å². The van der Waals surface area contributed by atoms with Crippen molar-refractivity contribution in [3.63, 3.8) is 0 Å². The molecule has 1 N–H and O–H groups in total. The Morgan fingerprint density at radius 3 is 1.78 bits per heavy atom. The minimum absolute atomic E-state index is 0.243. The van der Waals surface area contributed by atoms with Crippen LogP contribution >= 0.6 is 0 Å². The SMILES string of the molecule is OCCCC=C(c1ccccc1)c1ccccc1. The topological polar surface area (TPSA) is 20.2 Å². The Hall–Kier alpha value is -1.86. The summed E-state index contributed by atoms with van der Waals surface area (Å²) in [5.41, 5.74) is 3.69. The highest BCUT2D eigenvalue weighted by Crippen LogP contribution is 2.23. The Labute approximate surface area is 108 Å². The molecule has 0 bridgehead atoms. The highest BCUT2D eigenvalue weighted by Gasteiger charge is 2.03. The van der Waals surface area contributed by atoms with Crippen LogP contribution in [0.1, 0.15) is 24.0 Å². The monoisotopic (exact) mass is 238 g/mol. The molecule has 2 aromatic rings. The third kappa shape index (κ3) is 3.31. The summed E-state index contributed by atoms with van der Waals surface area (Å²) in [5, 5.41) is 8.89. The van der Waals surface area contributed by atoms with Gasteiger partial charge in [-0.05, 0) is 29.5 Å². The van der Waals surface area contributed by atoms with Crippen LogP contribution in [-0.4, -0.2) is 11.7 Å². The number of benzene rings is 2. The molecule has 0 fully saturated rings. The molecule has 0 aliphatic carbocycles. The average molecular weight is 238 g/mol. The summed E-state index contributed by atoms with van der Waals surface area (Å²) in [4.78, 5) is 0. The molecule has 0 aromatic heterocycles. The predicted octanol–water partition coefficient (Wildman–Crippen LogP) is 3.89. The van der Waals surface area contributed by atoms with Crippen molar-refractivity contribution >= 4 is 5.57 Å². The fourth-order valence-corrected chi connectivity index (χ4v) is 1.98. The quantitative estimate of drug-likeness (QED) is 0.783. The van der Waals surface area contributed by atoms with Gasteiger partial charge in [-0.25, -0.2) is 0 Å². The van der Waals surface area contributed by atoms with Crippen molar-refractivity contribution in [1.29, 1.82) is 0 Å². The van der Waals surface area contributed by atoms with Crippen molar-refractivity contribution in [3.05, 3.63) is 77.9 Å². The number of hydrogen-bond acceptors (Lipinski definition) is 1. The second kappa shape index (κ2) is 6.77. The first kappa shape index (κ1) is 12.6. The van der Waals surface area contributed by atoms with Gasteiger partial charge in [0.05, 0.1) is 0 Å². The number of allylic oxidation sites excluding steroid dienone is 1. The van der Waals surface area contributed by atoms with Crippen LogP contribution in [0.2, 0.25) is 0 Å². The van der Waals surface area contributed by atoms with Crippen LogP contribution in [0, 0.1) is 0 Å². The Kier molecular flexibility index (Phi) is 4.74. The highest BCUT2D eigenvalue weighted by molar-refractivity contribution is 5.79. The molecule has 0 heterocycles. The molecule has 0 aliphatic heterocycles. The Bertz CT molecular complexity index is 444. The zero-order valence-electron chi connectivity index (χ0n) is 10.4. The summed E-state index contributed by atoms with van der Waals surface area (Å²) in [5.74, 6) is 0. The Morgan fingerprint density at radius 1 is 0.833 bits per heavy atom. The minimum atomic E-state index is 0.243. The average Bonchev–Trinajstić information content (AvgIpc) is 2.46. The lowest BCUT2D eigenvalue weighted by molar-refractivity contribution is 0.289. The molecule has 0 radical (unpaired) electrons. The van der Waals surface area contributed by atoms with Crippen molar-refractivity contribution < 1.29 is 5.11 Å². The third-order valence-corrected chi connectivity index (χ3v) is 2.88. The van der Waals surface area contributed by atoms with Gasteiger partial charge in [0, 0.05) is 6.61 Å². The Balaban J connectivity index is 2.33. The van der Waals surface area contributed by atoms with Gasteiger partial charge in [-0.15, -0.1) is 0 Å². The van der Waals surface area contributed by atoms with Gasteiger partial charge in [0.2, 0.25) is 0 Å². The molecular weight excluding hydrogens is 220 g/mol. The zero-order chi connectivity index (χ0) is 12.6. The molecule has 0 saturated carbocycles. The van der Waals surface area contributed by atoms with E-state index in [1.54, 1.807) is 0 Å². The van der Waals surface area contributed by atoms with Gasteiger partial charge < -0.3 is 5.11 Å². The third-order valence-electron chi connectivity index (χ3n) is 2.88. The van der Waals surface area contributed by atoms with E-state index in [4.69, 9.17) is 5.11 Å². The molecule has 0 aliphatic rings. The maximum absolute atomic E-state index is 8.89. The van der Waals surface area contributed by atoms with Gasteiger partial charge in [-0.2, -0.15) is 0 Å². The maximum Gasteiger partial charge on any atom is 0.0433 e. The van der Waals surface area contributed by atoms with Crippen molar-refractivity contribution in [2.24, 2.45) is 0 Å². The standard InChI is InChI=1S/C17H18O/c18-14-8-7-13-17(15-9-3-1-4-10-15)16-11-5-2-6-12-16/h1-6,9-13,18H,7-8,14H2. The highest BCUT2D eigenvalue weighted by atomic mass is 16.2. The van der Waals surface area contributed by atoms with E-state index in [-0.39, 0.29) is 6.61 Å². The van der Waals surface area contributed by atoms with E-state index in [0.717, 1.165) is 12.8 Å². The molecular formula is C17H18O. The van der Waals surface area contributed by atoms with Crippen LogP contribution in [0.4, 0.5) is 0 Å². The van der Waals surface area contributed by atoms with Gasteiger partial charge in [0.1, 0.15) is 0 Å². The maximum atomic E-state index is 8.89. The lowest BCUT2D eigenvalue weighted by Gasteiger charge is -2.08. The molecule has 1 nitrogen and oxygen atoms in total. The van der Waals surface area contributed by atoms with Crippen molar-refractivity contribution in [2.75, 3.05) is 6.61 Å². The summed E-state index contributed by atoms with van der Waals surface area (Å²) in [7, 11) is 0. The van der Waals surface area contributed by atoms with Crippen LogP contribution in [0.5, 0.6) is 0 Å². The first-order valence-electron chi connectivity index (χ1n) is 6.33. The second-order valence-corrected chi connectivity index (χ2v) is 4.22. The van der Waals surface area contributed by atoms with Gasteiger partial charge in [-0.3, -0.25) is 0 Å². The molecule has 1 heteroatoms. The first-order valence-corrected chi connectivity index (χ1v) is 6.33. The fraction of sp³-hybridized carbons (Fsp3) is 0.176. The van der Waals surface area contributed by atoms with Crippen LogP contribution < -0.4 is 0 Å². The zero-order valence-corrected chi connectivity index (χ0v) is 10.4. The lowest BCUT2D eigenvalue weighted by Crippen LogP contribution is -1.88. The Morgan fingerprint density at radius 2 is 1.33 bits per heavy atom. The number of unbranched alkanes of at least 4 members (excludes halogenated alkanes) is 1. The smallest absolute Gasteiger partial charge is 0.0433 e. The molecule has 0 atom stereocenters. The van der Waals surface area contributed by atoms with Crippen LogP contribution in [0.25, 0.3) is 5.57 Å². The summed E-state index contributed by atoms with van der Waals surface area (Å²) in [6.45, 7) is 0.243. The van der Waals surface area contributed by atoms with Gasteiger partial charge in [-0.1, -0.05) is 66.7 Å². The summed E-state index contributed by atoms with van der Waals surface area (Å²) in [6.07, 6.45) is 3.92. The van der Waals surface area contributed by atoms with Crippen LogP contribution in [-0.2, 0) is 0 Å². The van der Waals surface area contributed by atoms with E-state index in [0.29, 0.717) is 0 Å². The molecule has 0 spiro atoms. The molecule has 0 saturated heterocycles. The van der Waals surface area contributed by atoms with Crippen LogP contribution in [0.15, 0.2) is 66.7 Å². The largest absolute Gasteiger partial charge is 0.396 e. The lowest BCUT2D eigenvalue weighted by atomic mass is 9.97. The number of hydrogen-bond donors (Lipinski definition) is 1. The van der Waals surface area contributed by atoms with Gasteiger partial charge in [0.25, 0.3) is 0 Å². The summed E-state index contributed by atoms with van der Waals surface area (Å²) in [6, 6.07) is 20.8. The van der Waals surface area contributed by atoms with E-state index < -0.39 is 0 Å². The van der Waals surface area contributed by atoms with E-state index in [1.807, 2.05) is 12.1 Å². The number of rotatable bonds is 5. The van der Waals surface area contributed by atoms with Gasteiger partial charge in [0.15, 0.2) is 0 Å². The normalized spacial score (nSPS) is 10.1. The van der Waals surface area contributed by atoms with E-state index in [1.165, 1.54) is 16.7 Å². The number of aliphatic hydroxyl groups is 1. The molecule has 0 unspecified atom stereocenters. The van der Waals surface area contributed by atoms with Crippen molar-refractivity contribution in [1.82, 2.24) is 0 Å².